The van der Waals surface area contributed by atoms with E-state index in [1.165, 1.54) is 17.0 Å². The monoisotopic (exact) mass is 483 g/mol. The van der Waals surface area contributed by atoms with Crippen molar-refractivity contribution in [2.45, 2.75) is 13.0 Å². The molecule has 4 aromatic rings. The Morgan fingerprint density at radius 1 is 1.03 bits per heavy atom. The van der Waals surface area contributed by atoms with Gasteiger partial charge < -0.3 is 10.0 Å². The van der Waals surface area contributed by atoms with Gasteiger partial charge in [0, 0.05) is 36.3 Å². The van der Waals surface area contributed by atoms with E-state index in [0.29, 0.717) is 5.82 Å². The summed E-state index contributed by atoms with van der Waals surface area (Å²) in [7, 11) is 0. The fraction of sp³-hybridized carbons (Fsp3) is 0.273. The number of aromatic nitrogens is 3. The molecular formula is C22H22BrN5OS. The number of para-hydroxylation sites is 1. The molecule has 1 saturated heterocycles. The fourth-order valence-corrected chi connectivity index (χ4v) is 5.69. The second kappa shape index (κ2) is 8.02. The van der Waals surface area contributed by atoms with Crippen molar-refractivity contribution in [3.63, 3.8) is 0 Å². The minimum atomic E-state index is -0.0470. The zero-order valence-corrected chi connectivity index (χ0v) is 19.0. The maximum Gasteiger partial charge on any atom is 0.230 e. The van der Waals surface area contributed by atoms with Crippen LogP contribution >= 0.6 is 27.3 Å². The number of rotatable bonds is 4. The molecule has 1 aliphatic heterocycles. The molecule has 0 spiro atoms. The molecule has 30 heavy (non-hydrogen) atoms. The zero-order valence-electron chi connectivity index (χ0n) is 16.6. The maximum absolute atomic E-state index is 11.0. The number of aromatic hydroxyl groups is 1. The standard InChI is InChI=1S/C22H22BrN5OS/c1-15-24-22-28(25-15)21(29)20(30-22)19(16-6-5-7-17(23)14-16)27-12-10-26(11-13-27)18-8-3-2-4-9-18/h2-9,14,19,29H,10-13H2,1H3/t19-/m1/s1. The van der Waals surface area contributed by atoms with E-state index in [1.807, 2.05) is 19.1 Å². The van der Waals surface area contributed by atoms with E-state index in [1.54, 1.807) is 4.52 Å². The molecule has 1 N–H and O–H groups in total. The molecule has 2 aromatic heterocycles. The second-order valence-electron chi connectivity index (χ2n) is 7.46. The smallest absolute Gasteiger partial charge is 0.230 e. The minimum Gasteiger partial charge on any atom is -0.492 e. The lowest BCUT2D eigenvalue weighted by molar-refractivity contribution is 0.211. The van der Waals surface area contributed by atoms with Crippen LogP contribution < -0.4 is 4.90 Å². The van der Waals surface area contributed by atoms with Crippen molar-refractivity contribution < 1.29 is 5.11 Å². The molecule has 0 unspecified atom stereocenters. The third-order valence-electron chi connectivity index (χ3n) is 5.52. The van der Waals surface area contributed by atoms with Crippen LogP contribution in [0.4, 0.5) is 5.69 Å². The Hall–Kier alpha value is -2.42. The van der Waals surface area contributed by atoms with Crippen LogP contribution in [-0.4, -0.2) is 50.8 Å². The van der Waals surface area contributed by atoms with E-state index in [0.717, 1.165) is 46.1 Å². The van der Waals surface area contributed by atoms with Crippen molar-refractivity contribution in [1.82, 2.24) is 19.5 Å². The number of halogens is 1. The first-order valence-electron chi connectivity index (χ1n) is 9.94. The van der Waals surface area contributed by atoms with Crippen molar-refractivity contribution in [2.75, 3.05) is 31.1 Å². The number of thiazole rings is 1. The zero-order chi connectivity index (χ0) is 20.7. The molecule has 8 heteroatoms. The average molecular weight is 484 g/mol. The number of fused-ring (bicyclic) bond motifs is 1. The average Bonchev–Trinajstić information content (AvgIpc) is 3.27. The Morgan fingerprint density at radius 3 is 2.50 bits per heavy atom. The number of aryl methyl sites for hydroxylation is 1. The van der Waals surface area contributed by atoms with Crippen LogP contribution in [0.3, 0.4) is 0 Å². The summed E-state index contributed by atoms with van der Waals surface area (Å²) in [6, 6.07) is 18.8. The predicted molar refractivity (Wildman–Crippen MR) is 123 cm³/mol. The Bertz CT molecular complexity index is 1170. The molecule has 0 saturated carbocycles. The topological polar surface area (TPSA) is 56.9 Å². The van der Waals surface area contributed by atoms with Crippen LogP contribution in [-0.2, 0) is 0 Å². The molecule has 1 fully saturated rings. The quantitative estimate of drug-likeness (QED) is 0.463. The first kappa shape index (κ1) is 19.5. The SMILES string of the molecule is Cc1nc2sc([C@@H](c3cccc(Br)c3)N3CCN(c4ccccc4)CC3)c(O)n2n1. The molecule has 154 valence electrons. The summed E-state index contributed by atoms with van der Waals surface area (Å²) in [5, 5.41) is 15.3. The fourth-order valence-electron chi connectivity index (χ4n) is 4.11. The van der Waals surface area contributed by atoms with E-state index in [-0.39, 0.29) is 11.9 Å². The van der Waals surface area contributed by atoms with Crippen LogP contribution in [0.2, 0.25) is 0 Å². The molecule has 1 atom stereocenters. The summed E-state index contributed by atoms with van der Waals surface area (Å²) in [5.74, 6) is 0.852. The van der Waals surface area contributed by atoms with Crippen molar-refractivity contribution in [3.05, 3.63) is 75.3 Å². The van der Waals surface area contributed by atoms with Crippen LogP contribution in [0.1, 0.15) is 22.3 Å². The molecular weight excluding hydrogens is 462 g/mol. The Morgan fingerprint density at radius 2 is 1.80 bits per heavy atom. The largest absolute Gasteiger partial charge is 0.492 e. The molecule has 0 radical (unpaired) electrons. The van der Waals surface area contributed by atoms with E-state index >= 15 is 0 Å². The highest BCUT2D eigenvalue weighted by molar-refractivity contribution is 9.10. The summed E-state index contributed by atoms with van der Waals surface area (Å²) >= 11 is 5.12. The number of benzene rings is 2. The molecule has 2 aromatic carbocycles. The van der Waals surface area contributed by atoms with Gasteiger partial charge in [-0.05, 0) is 36.8 Å². The maximum atomic E-state index is 11.0. The molecule has 1 aliphatic rings. The number of hydrogen-bond acceptors (Lipinski definition) is 6. The molecule has 5 rings (SSSR count). The van der Waals surface area contributed by atoms with Gasteiger partial charge >= 0.3 is 0 Å². The highest BCUT2D eigenvalue weighted by Gasteiger charge is 2.31. The Balaban J connectivity index is 1.49. The lowest BCUT2D eigenvalue weighted by Gasteiger charge is -2.40. The number of nitrogens with zero attached hydrogens (tertiary/aromatic N) is 5. The summed E-state index contributed by atoms with van der Waals surface area (Å²) in [4.78, 5) is 10.9. The summed E-state index contributed by atoms with van der Waals surface area (Å²) < 4.78 is 2.59. The van der Waals surface area contributed by atoms with Gasteiger partial charge in [0.15, 0.2) is 0 Å². The molecule has 0 bridgehead atoms. The number of hydrogen-bond donors (Lipinski definition) is 1. The lowest BCUT2D eigenvalue weighted by Crippen LogP contribution is -2.47. The second-order valence-corrected chi connectivity index (χ2v) is 9.38. The van der Waals surface area contributed by atoms with Gasteiger partial charge in [-0.1, -0.05) is 57.6 Å². The molecule has 6 nitrogen and oxygen atoms in total. The highest BCUT2D eigenvalue weighted by Crippen LogP contribution is 2.40. The van der Waals surface area contributed by atoms with Gasteiger partial charge in [0.1, 0.15) is 5.82 Å². The van der Waals surface area contributed by atoms with E-state index in [9.17, 15) is 5.11 Å². The van der Waals surface area contributed by atoms with Gasteiger partial charge in [0.05, 0.1) is 10.9 Å². The highest BCUT2D eigenvalue weighted by atomic mass is 79.9. The van der Waals surface area contributed by atoms with Gasteiger partial charge in [-0.2, -0.15) is 4.52 Å². The first-order chi connectivity index (χ1) is 14.6. The van der Waals surface area contributed by atoms with E-state index < -0.39 is 0 Å². The molecule has 0 amide bonds. The van der Waals surface area contributed by atoms with Gasteiger partial charge in [-0.15, -0.1) is 5.10 Å². The Labute approximate surface area is 187 Å². The predicted octanol–water partition coefficient (Wildman–Crippen LogP) is 4.48. The Kier molecular flexibility index (Phi) is 5.22. The summed E-state index contributed by atoms with van der Waals surface area (Å²) in [6.45, 7) is 5.52. The molecule has 3 heterocycles. The lowest BCUT2D eigenvalue weighted by atomic mass is 10.0. The van der Waals surface area contributed by atoms with Crippen molar-refractivity contribution in [3.8, 4) is 5.88 Å². The number of anilines is 1. The normalized spacial score (nSPS) is 16.3. The van der Waals surface area contributed by atoms with Gasteiger partial charge in [0.2, 0.25) is 10.8 Å². The number of piperazine rings is 1. The van der Waals surface area contributed by atoms with Crippen LogP contribution in [0.5, 0.6) is 5.88 Å². The van der Waals surface area contributed by atoms with Crippen LogP contribution in [0, 0.1) is 6.92 Å². The van der Waals surface area contributed by atoms with Crippen molar-refractivity contribution in [1.29, 1.82) is 0 Å². The van der Waals surface area contributed by atoms with Crippen molar-refractivity contribution >= 4 is 37.9 Å². The first-order valence-corrected chi connectivity index (χ1v) is 11.6. The van der Waals surface area contributed by atoms with Gasteiger partial charge in [-0.25, -0.2) is 4.98 Å². The summed E-state index contributed by atoms with van der Waals surface area (Å²) in [6.07, 6.45) is 0. The summed E-state index contributed by atoms with van der Waals surface area (Å²) in [5.41, 5.74) is 2.40. The minimum absolute atomic E-state index is 0.0470. The van der Waals surface area contributed by atoms with Crippen LogP contribution in [0.15, 0.2) is 59.1 Å². The third kappa shape index (κ3) is 3.59. The third-order valence-corrected chi connectivity index (χ3v) is 7.08. The van der Waals surface area contributed by atoms with E-state index in [4.69, 9.17) is 0 Å². The van der Waals surface area contributed by atoms with Crippen LogP contribution in [0.25, 0.3) is 4.96 Å². The molecule has 0 aliphatic carbocycles. The van der Waals surface area contributed by atoms with Crippen molar-refractivity contribution in [2.24, 2.45) is 0 Å². The van der Waals surface area contributed by atoms with Gasteiger partial charge in [-0.3, -0.25) is 4.90 Å². The van der Waals surface area contributed by atoms with E-state index in [2.05, 4.69) is 78.3 Å². The van der Waals surface area contributed by atoms with Gasteiger partial charge in [0.25, 0.3) is 0 Å².